The second kappa shape index (κ2) is 7.89. The van der Waals surface area contributed by atoms with Gasteiger partial charge >= 0.3 is 0 Å². The van der Waals surface area contributed by atoms with Gasteiger partial charge in [-0.25, -0.2) is 4.39 Å². The third kappa shape index (κ3) is 4.64. The van der Waals surface area contributed by atoms with Crippen LogP contribution in [0.1, 0.15) is 42.5 Å². The summed E-state index contributed by atoms with van der Waals surface area (Å²) in [7, 11) is 0. The van der Waals surface area contributed by atoms with Gasteiger partial charge < -0.3 is 5.32 Å². The number of pyridine rings is 1. The average molecular weight is 286 g/mol. The summed E-state index contributed by atoms with van der Waals surface area (Å²) in [4.78, 5) is 4.04. The molecule has 2 aromatic rings. The Morgan fingerprint density at radius 2 is 1.95 bits per heavy atom. The highest BCUT2D eigenvalue weighted by atomic mass is 19.1. The molecule has 0 bridgehead atoms. The number of benzene rings is 1. The molecule has 1 atom stereocenters. The van der Waals surface area contributed by atoms with Crippen molar-refractivity contribution in [3.63, 3.8) is 0 Å². The Balaban J connectivity index is 2.12. The molecule has 0 saturated heterocycles. The van der Waals surface area contributed by atoms with Gasteiger partial charge in [-0.2, -0.15) is 0 Å². The van der Waals surface area contributed by atoms with Crippen LogP contribution in [0.2, 0.25) is 0 Å². The number of nitrogens with zero attached hydrogens (tertiary/aromatic N) is 1. The molecule has 0 aliphatic rings. The summed E-state index contributed by atoms with van der Waals surface area (Å²) in [5.74, 6) is -0.164. The molecule has 1 unspecified atom stereocenters. The third-order valence-corrected chi connectivity index (χ3v) is 3.73. The molecule has 2 nitrogen and oxygen atoms in total. The SMILES string of the molecule is CCCNC(CCc1ccncc1)c1cc(F)ccc1C. The fourth-order valence-electron chi connectivity index (χ4n) is 2.53. The second-order valence-corrected chi connectivity index (χ2v) is 5.40. The summed E-state index contributed by atoms with van der Waals surface area (Å²) in [6, 6.07) is 9.31. The van der Waals surface area contributed by atoms with Gasteiger partial charge in [0.25, 0.3) is 0 Å². The van der Waals surface area contributed by atoms with Gasteiger partial charge in [-0.05, 0) is 73.7 Å². The van der Waals surface area contributed by atoms with Crippen molar-refractivity contribution in [3.05, 3.63) is 65.2 Å². The normalized spacial score (nSPS) is 12.3. The molecule has 3 heteroatoms. The van der Waals surface area contributed by atoms with E-state index in [1.54, 1.807) is 6.07 Å². The minimum Gasteiger partial charge on any atom is -0.310 e. The highest BCUT2D eigenvalue weighted by Crippen LogP contribution is 2.23. The summed E-state index contributed by atoms with van der Waals surface area (Å²) in [6.45, 7) is 5.13. The van der Waals surface area contributed by atoms with Crippen molar-refractivity contribution >= 4 is 0 Å². The smallest absolute Gasteiger partial charge is 0.123 e. The highest BCUT2D eigenvalue weighted by Gasteiger charge is 2.14. The lowest BCUT2D eigenvalue weighted by molar-refractivity contribution is 0.493. The van der Waals surface area contributed by atoms with Crippen molar-refractivity contribution in [1.82, 2.24) is 10.3 Å². The van der Waals surface area contributed by atoms with Crippen LogP contribution in [0, 0.1) is 12.7 Å². The fourth-order valence-corrected chi connectivity index (χ4v) is 2.53. The Kier molecular flexibility index (Phi) is 5.88. The molecule has 1 heterocycles. The molecule has 112 valence electrons. The maximum atomic E-state index is 13.6. The van der Waals surface area contributed by atoms with Crippen molar-refractivity contribution in [3.8, 4) is 0 Å². The molecule has 0 radical (unpaired) electrons. The maximum absolute atomic E-state index is 13.6. The van der Waals surface area contributed by atoms with Gasteiger partial charge in [0, 0.05) is 18.4 Å². The molecule has 0 aliphatic carbocycles. The van der Waals surface area contributed by atoms with E-state index in [1.807, 2.05) is 37.5 Å². The van der Waals surface area contributed by atoms with E-state index in [1.165, 1.54) is 11.6 Å². The fraction of sp³-hybridized carbons (Fsp3) is 0.389. The number of hydrogen-bond donors (Lipinski definition) is 1. The van der Waals surface area contributed by atoms with Gasteiger partial charge in [-0.3, -0.25) is 4.98 Å². The second-order valence-electron chi connectivity index (χ2n) is 5.40. The molecular formula is C18H23FN2. The minimum absolute atomic E-state index is 0.164. The first kappa shape index (κ1) is 15.6. The van der Waals surface area contributed by atoms with Crippen LogP contribution in [0.3, 0.4) is 0 Å². The number of aromatic nitrogens is 1. The van der Waals surface area contributed by atoms with Crippen molar-refractivity contribution < 1.29 is 4.39 Å². The standard InChI is InChI=1S/C18H23FN2/c1-3-10-21-18(7-5-15-8-11-20-12-9-15)17-13-16(19)6-4-14(17)2/h4,6,8-9,11-13,18,21H,3,5,7,10H2,1-2H3. The summed E-state index contributed by atoms with van der Waals surface area (Å²) >= 11 is 0. The van der Waals surface area contributed by atoms with Crippen LogP contribution in [0.5, 0.6) is 0 Å². The monoisotopic (exact) mass is 286 g/mol. The van der Waals surface area contributed by atoms with Crippen LogP contribution < -0.4 is 5.32 Å². The molecule has 21 heavy (non-hydrogen) atoms. The molecule has 1 N–H and O–H groups in total. The quantitative estimate of drug-likeness (QED) is 0.825. The molecular weight excluding hydrogens is 263 g/mol. The Morgan fingerprint density at radius 1 is 1.19 bits per heavy atom. The molecule has 1 aromatic heterocycles. The molecule has 2 rings (SSSR count). The predicted molar refractivity (Wildman–Crippen MR) is 84.7 cm³/mol. The van der Waals surface area contributed by atoms with Gasteiger partial charge in [-0.15, -0.1) is 0 Å². The number of nitrogens with one attached hydrogen (secondary N) is 1. The summed E-state index contributed by atoms with van der Waals surface area (Å²) in [5.41, 5.74) is 3.47. The van der Waals surface area contributed by atoms with Gasteiger partial charge in [0.05, 0.1) is 0 Å². The zero-order valence-electron chi connectivity index (χ0n) is 12.8. The van der Waals surface area contributed by atoms with Crippen LogP contribution in [0.15, 0.2) is 42.7 Å². The van der Waals surface area contributed by atoms with Crippen LogP contribution in [-0.2, 0) is 6.42 Å². The molecule has 0 fully saturated rings. The van der Waals surface area contributed by atoms with Crippen molar-refractivity contribution in [2.45, 2.75) is 39.2 Å². The van der Waals surface area contributed by atoms with Crippen molar-refractivity contribution in [2.24, 2.45) is 0 Å². The third-order valence-electron chi connectivity index (χ3n) is 3.73. The van der Waals surface area contributed by atoms with Crippen molar-refractivity contribution in [2.75, 3.05) is 6.54 Å². The Labute approximate surface area is 126 Å². The zero-order chi connectivity index (χ0) is 15.1. The first-order valence-corrected chi connectivity index (χ1v) is 7.59. The lowest BCUT2D eigenvalue weighted by atomic mass is 9.95. The molecule has 0 spiro atoms. The van der Waals surface area contributed by atoms with Crippen LogP contribution in [0.25, 0.3) is 0 Å². The topological polar surface area (TPSA) is 24.9 Å². The van der Waals surface area contributed by atoms with Crippen LogP contribution in [0.4, 0.5) is 4.39 Å². The molecule has 0 aliphatic heterocycles. The van der Waals surface area contributed by atoms with Crippen LogP contribution in [-0.4, -0.2) is 11.5 Å². The average Bonchev–Trinajstić information content (AvgIpc) is 2.51. The summed E-state index contributed by atoms with van der Waals surface area (Å²) in [5, 5.41) is 3.54. The molecule has 0 amide bonds. The van der Waals surface area contributed by atoms with Gasteiger partial charge in [0.1, 0.15) is 5.82 Å². The highest BCUT2D eigenvalue weighted by molar-refractivity contribution is 5.30. The van der Waals surface area contributed by atoms with Gasteiger partial charge in [0.2, 0.25) is 0 Å². The predicted octanol–water partition coefficient (Wildman–Crippen LogP) is 4.20. The number of halogens is 1. The minimum atomic E-state index is -0.164. The first-order chi connectivity index (χ1) is 10.2. The lowest BCUT2D eigenvalue weighted by Crippen LogP contribution is -2.23. The van der Waals surface area contributed by atoms with E-state index in [2.05, 4.69) is 17.2 Å². The van der Waals surface area contributed by atoms with Crippen LogP contribution >= 0.6 is 0 Å². The number of hydrogen-bond acceptors (Lipinski definition) is 2. The maximum Gasteiger partial charge on any atom is 0.123 e. The van der Waals surface area contributed by atoms with E-state index in [0.29, 0.717) is 0 Å². The Hall–Kier alpha value is -1.74. The largest absolute Gasteiger partial charge is 0.310 e. The number of aryl methyl sites for hydroxylation is 2. The zero-order valence-corrected chi connectivity index (χ0v) is 12.8. The number of rotatable bonds is 7. The van der Waals surface area contributed by atoms with E-state index >= 15 is 0 Å². The molecule has 1 aromatic carbocycles. The Bertz CT molecular complexity index is 554. The van der Waals surface area contributed by atoms with Gasteiger partial charge in [0.15, 0.2) is 0 Å². The van der Waals surface area contributed by atoms with E-state index < -0.39 is 0 Å². The van der Waals surface area contributed by atoms with Gasteiger partial charge in [-0.1, -0.05) is 13.0 Å². The van der Waals surface area contributed by atoms with E-state index in [4.69, 9.17) is 0 Å². The van der Waals surface area contributed by atoms with Crippen molar-refractivity contribution in [1.29, 1.82) is 0 Å². The van der Waals surface area contributed by atoms with E-state index in [0.717, 1.165) is 36.9 Å². The van der Waals surface area contributed by atoms with E-state index in [9.17, 15) is 4.39 Å². The molecule has 0 saturated carbocycles. The Morgan fingerprint density at radius 3 is 2.67 bits per heavy atom. The summed E-state index contributed by atoms with van der Waals surface area (Å²) < 4.78 is 13.6. The first-order valence-electron chi connectivity index (χ1n) is 7.59. The van der Waals surface area contributed by atoms with E-state index in [-0.39, 0.29) is 11.9 Å². The lowest BCUT2D eigenvalue weighted by Gasteiger charge is -2.21. The summed E-state index contributed by atoms with van der Waals surface area (Å²) in [6.07, 6.45) is 6.61.